The van der Waals surface area contributed by atoms with Crippen molar-refractivity contribution in [1.82, 2.24) is 4.98 Å². The molecule has 1 aromatic heterocycles. The van der Waals surface area contributed by atoms with Crippen molar-refractivity contribution < 1.29 is 9.53 Å². The Bertz CT molecular complexity index is 744. The molecule has 2 aromatic rings. The third-order valence-corrected chi connectivity index (χ3v) is 3.35. The summed E-state index contributed by atoms with van der Waals surface area (Å²) in [5.41, 5.74) is 0.812. The van der Waals surface area contributed by atoms with E-state index in [1.54, 1.807) is 31.2 Å². The Morgan fingerprint density at radius 1 is 1.41 bits per heavy atom. The van der Waals surface area contributed by atoms with Gasteiger partial charge in [-0.3, -0.25) is 4.79 Å². The van der Waals surface area contributed by atoms with Crippen LogP contribution in [0.3, 0.4) is 0 Å². The first-order chi connectivity index (χ1) is 10.5. The normalized spacial score (nSPS) is 11.4. The predicted octanol–water partition coefficient (Wildman–Crippen LogP) is 3.67. The quantitative estimate of drug-likeness (QED) is 0.865. The lowest BCUT2D eigenvalue weighted by molar-refractivity contribution is -0.122. The zero-order chi connectivity index (χ0) is 16.1. The molecule has 0 saturated carbocycles. The fourth-order valence-corrected chi connectivity index (χ4v) is 2.02. The molecule has 112 valence electrons. The van der Waals surface area contributed by atoms with Crippen LogP contribution >= 0.6 is 23.2 Å². The topological polar surface area (TPSA) is 75.0 Å². The number of halogens is 2. The van der Waals surface area contributed by atoms with Gasteiger partial charge in [-0.15, -0.1) is 0 Å². The van der Waals surface area contributed by atoms with E-state index in [-0.39, 0.29) is 10.2 Å². The number of nitriles is 1. The zero-order valence-electron chi connectivity index (χ0n) is 11.5. The number of ether oxygens (including phenoxy) is 1. The summed E-state index contributed by atoms with van der Waals surface area (Å²) in [4.78, 5) is 16.0. The van der Waals surface area contributed by atoms with Crippen LogP contribution in [-0.2, 0) is 4.79 Å². The van der Waals surface area contributed by atoms with E-state index in [2.05, 4.69) is 10.3 Å². The molecule has 0 spiro atoms. The van der Waals surface area contributed by atoms with Crippen molar-refractivity contribution in [2.24, 2.45) is 0 Å². The number of pyridine rings is 1. The summed E-state index contributed by atoms with van der Waals surface area (Å²) in [5.74, 6) is -0.0732. The Balaban J connectivity index is 2.06. The van der Waals surface area contributed by atoms with E-state index in [1.165, 1.54) is 12.3 Å². The summed E-state index contributed by atoms with van der Waals surface area (Å²) in [5, 5.41) is 11.9. The van der Waals surface area contributed by atoms with Crippen molar-refractivity contribution in [3.05, 3.63) is 52.3 Å². The molecule has 0 aliphatic heterocycles. The molecular weight excluding hydrogens is 325 g/mol. The Morgan fingerprint density at radius 2 is 2.18 bits per heavy atom. The van der Waals surface area contributed by atoms with Crippen LogP contribution in [0.25, 0.3) is 0 Å². The average molecular weight is 336 g/mol. The Labute approximate surface area is 137 Å². The molecule has 0 radical (unpaired) electrons. The molecule has 1 atom stereocenters. The van der Waals surface area contributed by atoms with Crippen LogP contribution in [0.2, 0.25) is 10.2 Å². The first-order valence-electron chi connectivity index (χ1n) is 6.29. The zero-order valence-corrected chi connectivity index (χ0v) is 13.0. The Morgan fingerprint density at radius 3 is 2.82 bits per heavy atom. The van der Waals surface area contributed by atoms with E-state index >= 15 is 0 Å². The molecule has 0 bridgehead atoms. The van der Waals surface area contributed by atoms with Crippen molar-refractivity contribution >= 4 is 34.8 Å². The molecule has 0 fully saturated rings. The van der Waals surface area contributed by atoms with E-state index in [0.29, 0.717) is 17.0 Å². The van der Waals surface area contributed by atoms with Gasteiger partial charge in [0.25, 0.3) is 5.91 Å². The van der Waals surface area contributed by atoms with Gasteiger partial charge in [-0.25, -0.2) is 4.98 Å². The Hall–Kier alpha value is -2.29. The monoisotopic (exact) mass is 335 g/mol. The molecule has 0 aliphatic carbocycles. The van der Waals surface area contributed by atoms with Crippen molar-refractivity contribution in [2.45, 2.75) is 13.0 Å². The highest BCUT2D eigenvalue weighted by Gasteiger charge is 2.17. The van der Waals surface area contributed by atoms with Crippen LogP contribution in [-0.4, -0.2) is 17.0 Å². The summed E-state index contributed by atoms with van der Waals surface area (Å²) >= 11 is 11.9. The van der Waals surface area contributed by atoms with Gasteiger partial charge in [0.1, 0.15) is 5.75 Å². The van der Waals surface area contributed by atoms with Crippen LogP contribution in [0.4, 0.5) is 5.69 Å². The first kappa shape index (κ1) is 16.1. The minimum absolute atomic E-state index is 0.194. The van der Waals surface area contributed by atoms with E-state index in [4.69, 9.17) is 33.2 Å². The molecule has 5 nitrogen and oxygen atoms in total. The van der Waals surface area contributed by atoms with Crippen molar-refractivity contribution in [3.63, 3.8) is 0 Å². The standard InChI is InChI=1S/C15H11Cl2N3O2/c1-9(15(21)20-12-3-2-6-19-14(12)17)22-13-5-4-10(8-18)7-11(13)16/h2-7,9H,1H3,(H,20,21)/t9-/m0/s1. The number of carbonyl (C=O) groups excluding carboxylic acids is 1. The molecule has 0 unspecified atom stereocenters. The number of amides is 1. The maximum absolute atomic E-state index is 12.1. The molecule has 1 aromatic carbocycles. The second-order valence-corrected chi connectivity index (χ2v) is 5.11. The van der Waals surface area contributed by atoms with E-state index in [9.17, 15) is 4.79 Å². The number of rotatable bonds is 4. The Kier molecular flexibility index (Phi) is 5.21. The molecule has 2 rings (SSSR count). The van der Waals surface area contributed by atoms with Gasteiger partial charge in [0, 0.05) is 6.20 Å². The third kappa shape index (κ3) is 3.88. The van der Waals surface area contributed by atoms with Gasteiger partial charge in [0.15, 0.2) is 11.3 Å². The average Bonchev–Trinajstić information content (AvgIpc) is 2.51. The van der Waals surface area contributed by atoms with Gasteiger partial charge in [-0.05, 0) is 37.3 Å². The maximum Gasteiger partial charge on any atom is 0.265 e. The summed E-state index contributed by atoms with van der Waals surface area (Å²) in [7, 11) is 0. The number of anilines is 1. The van der Waals surface area contributed by atoms with Gasteiger partial charge >= 0.3 is 0 Å². The van der Waals surface area contributed by atoms with Gasteiger partial charge < -0.3 is 10.1 Å². The minimum atomic E-state index is -0.804. The van der Waals surface area contributed by atoms with Gasteiger partial charge in [-0.2, -0.15) is 5.26 Å². The molecule has 7 heteroatoms. The van der Waals surface area contributed by atoms with Gasteiger partial charge in [-0.1, -0.05) is 23.2 Å². The number of nitrogens with zero attached hydrogens (tertiary/aromatic N) is 2. The maximum atomic E-state index is 12.1. The van der Waals surface area contributed by atoms with Crippen LogP contribution in [0, 0.1) is 11.3 Å². The molecule has 0 aliphatic rings. The summed E-state index contributed by atoms with van der Waals surface area (Å²) in [6, 6.07) is 9.83. The lowest BCUT2D eigenvalue weighted by atomic mass is 10.2. The van der Waals surface area contributed by atoms with E-state index < -0.39 is 12.0 Å². The van der Waals surface area contributed by atoms with Gasteiger partial charge in [0.05, 0.1) is 22.3 Å². The van der Waals surface area contributed by atoms with E-state index in [0.717, 1.165) is 0 Å². The fourth-order valence-electron chi connectivity index (χ4n) is 1.62. The number of nitrogens with one attached hydrogen (secondary N) is 1. The number of hydrogen-bond acceptors (Lipinski definition) is 4. The van der Waals surface area contributed by atoms with Crippen LogP contribution < -0.4 is 10.1 Å². The largest absolute Gasteiger partial charge is 0.479 e. The lowest BCUT2D eigenvalue weighted by Crippen LogP contribution is -2.30. The van der Waals surface area contributed by atoms with Crippen molar-refractivity contribution in [1.29, 1.82) is 5.26 Å². The van der Waals surface area contributed by atoms with Gasteiger partial charge in [0.2, 0.25) is 0 Å². The number of aromatic nitrogens is 1. The smallest absolute Gasteiger partial charge is 0.265 e. The second kappa shape index (κ2) is 7.12. The highest BCUT2D eigenvalue weighted by atomic mass is 35.5. The second-order valence-electron chi connectivity index (χ2n) is 4.35. The summed E-state index contributed by atoms with van der Waals surface area (Å²) in [6.07, 6.45) is 0.718. The molecule has 1 amide bonds. The summed E-state index contributed by atoms with van der Waals surface area (Å²) < 4.78 is 5.50. The highest BCUT2D eigenvalue weighted by Crippen LogP contribution is 2.26. The predicted molar refractivity (Wildman–Crippen MR) is 84.1 cm³/mol. The van der Waals surface area contributed by atoms with Crippen molar-refractivity contribution in [3.8, 4) is 11.8 Å². The lowest BCUT2D eigenvalue weighted by Gasteiger charge is -2.16. The molecule has 1 heterocycles. The molecule has 0 saturated heterocycles. The number of benzene rings is 1. The van der Waals surface area contributed by atoms with Crippen LogP contribution in [0.5, 0.6) is 5.75 Å². The molecule has 22 heavy (non-hydrogen) atoms. The number of hydrogen-bond donors (Lipinski definition) is 1. The minimum Gasteiger partial charge on any atom is -0.479 e. The third-order valence-electron chi connectivity index (χ3n) is 2.75. The highest BCUT2D eigenvalue weighted by molar-refractivity contribution is 6.32. The molecule has 1 N–H and O–H groups in total. The first-order valence-corrected chi connectivity index (χ1v) is 7.04. The molecular formula is C15H11Cl2N3O2. The fraction of sp³-hybridized carbons (Fsp3) is 0.133. The number of carbonyl (C=O) groups is 1. The summed E-state index contributed by atoms with van der Waals surface area (Å²) in [6.45, 7) is 1.58. The SMILES string of the molecule is C[C@H](Oc1ccc(C#N)cc1Cl)C(=O)Nc1cccnc1Cl. The van der Waals surface area contributed by atoms with Crippen LogP contribution in [0.15, 0.2) is 36.5 Å². The van der Waals surface area contributed by atoms with Crippen LogP contribution in [0.1, 0.15) is 12.5 Å². The van der Waals surface area contributed by atoms with Crippen molar-refractivity contribution in [2.75, 3.05) is 5.32 Å². The van der Waals surface area contributed by atoms with E-state index in [1.807, 2.05) is 6.07 Å².